The molecule has 24 heavy (non-hydrogen) atoms. The molecule has 1 aromatic carbocycles. The van der Waals surface area contributed by atoms with Crippen molar-refractivity contribution in [1.29, 1.82) is 5.26 Å². The van der Waals surface area contributed by atoms with Crippen LogP contribution in [-0.2, 0) is 4.79 Å². The van der Waals surface area contributed by atoms with Crippen molar-refractivity contribution in [3.05, 3.63) is 34.6 Å². The molecule has 0 aliphatic heterocycles. The number of nitriles is 1. The highest BCUT2D eigenvalue weighted by Crippen LogP contribution is 2.22. The number of thioether (sulfide) groups is 1. The molecule has 0 saturated heterocycles. The summed E-state index contributed by atoms with van der Waals surface area (Å²) in [6.07, 6.45) is 1.07. The first-order valence-corrected chi connectivity index (χ1v) is 8.84. The number of hydrogen-bond acceptors (Lipinski definition) is 5. The molecule has 0 spiro atoms. The zero-order valence-electron chi connectivity index (χ0n) is 13.8. The quantitative estimate of drug-likeness (QED) is 0.474. The van der Waals surface area contributed by atoms with Crippen molar-refractivity contribution < 1.29 is 4.79 Å². The van der Waals surface area contributed by atoms with E-state index in [1.54, 1.807) is 16.7 Å². The second-order valence-electron chi connectivity index (χ2n) is 5.39. The van der Waals surface area contributed by atoms with Crippen molar-refractivity contribution in [3.63, 3.8) is 0 Å². The summed E-state index contributed by atoms with van der Waals surface area (Å²) in [6, 6.07) is 9.21. The Bertz CT molecular complexity index is 825. The average molecular weight is 344 g/mol. The van der Waals surface area contributed by atoms with Crippen LogP contribution in [0.4, 0.5) is 0 Å². The summed E-state index contributed by atoms with van der Waals surface area (Å²) >= 11 is 1.24. The molecular formula is C17H20N4O2S. The average Bonchev–Trinajstić information content (AvgIpc) is 2.59. The van der Waals surface area contributed by atoms with Crippen LogP contribution in [0.15, 0.2) is 34.2 Å². The Morgan fingerprint density at radius 1 is 1.46 bits per heavy atom. The third-order valence-electron chi connectivity index (χ3n) is 3.70. The first-order chi connectivity index (χ1) is 11.6. The van der Waals surface area contributed by atoms with Crippen molar-refractivity contribution in [2.24, 2.45) is 0 Å². The minimum atomic E-state index is -0.173. The van der Waals surface area contributed by atoms with Gasteiger partial charge in [-0.3, -0.25) is 14.2 Å². The molecule has 0 radical (unpaired) electrons. The van der Waals surface area contributed by atoms with Crippen LogP contribution in [0.2, 0.25) is 0 Å². The van der Waals surface area contributed by atoms with Crippen molar-refractivity contribution in [3.8, 4) is 6.07 Å². The van der Waals surface area contributed by atoms with Gasteiger partial charge in [0.2, 0.25) is 5.91 Å². The highest BCUT2D eigenvalue weighted by Gasteiger charge is 2.16. The van der Waals surface area contributed by atoms with Crippen LogP contribution in [0.5, 0.6) is 0 Å². The van der Waals surface area contributed by atoms with Crippen LogP contribution in [0.1, 0.15) is 32.7 Å². The highest BCUT2D eigenvalue weighted by molar-refractivity contribution is 7.99. The monoisotopic (exact) mass is 344 g/mol. The zero-order chi connectivity index (χ0) is 17.5. The maximum atomic E-state index is 12.8. The van der Waals surface area contributed by atoms with Crippen LogP contribution >= 0.6 is 11.8 Å². The number of nitrogens with zero attached hydrogens (tertiary/aromatic N) is 3. The third-order valence-corrected chi connectivity index (χ3v) is 4.65. The van der Waals surface area contributed by atoms with Crippen LogP contribution in [0.3, 0.4) is 0 Å². The molecule has 1 heterocycles. The lowest BCUT2D eigenvalue weighted by atomic mass is 10.2. The van der Waals surface area contributed by atoms with E-state index >= 15 is 0 Å². The summed E-state index contributed by atoms with van der Waals surface area (Å²) in [6.45, 7) is 4.31. The molecule has 1 aromatic heterocycles. The lowest BCUT2D eigenvalue weighted by Gasteiger charge is -2.18. The van der Waals surface area contributed by atoms with Gasteiger partial charge in [0, 0.05) is 12.6 Å². The number of fused-ring (bicyclic) bond motifs is 1. The van der Waals surface area contributed by atoms with E-state index < -0.39 is 0 Å². The predicted octanol–water partition coefficient (Wildman–Crippen LogP) is 2.49. The fourth-order valence-corrected chi connectivity index (χ4v) is 3.16. The number of hydrogen-bond donors (Lipinski definition) is 1. The standard InChI is InChI=1S/C17H20N4O2S/c1-3-12(2)21-16(23)13-7-4-5-8-14(13)20-17(21)24-11-15(22)19-10-6-9-18/h4-5,7-8,12H,3,6,10-11H2,1-2H3,(H,19,22)/t12-/m1/s1. The number of carbonyl (C=O) groups is 1. The zero-order valence-corrected chi connectivity index (χ0v) is 14.6. The van der Waals surface area contributed by atoms with Gasteiger partial charge in [0.25, 0.3) is 5.56 Å². The minimum absolute atomic E-state index is 0.00115. The van der Waals surface area contributed by atoms with Crippen LogP contribution < -0.4 is 10.9 Å². The van der Waals surface area contributed by atoms with E-state index in [4.69, 9.17) is 5.26 Å². The van der Waals surface area contributed by atoms with Crippen LogP contribution in [-0.4, -0.2) is 27.8 Å². The van der Waals surface area contributed by atoms with E-state index in [9.17, 15) is 9.59 Å². The molecule has 2 aromatic rings. The Morgan fingerprint density at radius 2 is 2.21 bits per heavy atom. The maximum Gasteiger partial charge on any atom is 0.262 e. The largest absolute Gasteiger partial charge is 0.354 e. The van der Waals surface area contributed by atoms with E-state index in [-0.39, 0.29) is 29.7 Å². The summed E-state index contributed by atoms with van der Waals surface area (Å²) in [4.78, 5) is 29.2. The molecule has 1 amide bonds. The van der Waals surface area contributed by atoms with Gasteiger partial charge in [0.15, 0.2) is 5.16 Å². The SMILES string of the molecule is CC[C@@H](C)n1c(SCC(=O)NCCC#N)nc2ccccc2c1=O. The summed E-state index contributed by atoms with van der Waals surface area (Å²) in [5, 5.41) is 12.3. The lowest BCUT2D eigenvalue weighted by molar-refractivity contribution is -0.118. The van der Waals surface area contributed by atoms with Crippen molar-refractivity contribution in [1.82, 2.24) is 14.9 Å². The molecule has 6 nitrogen and oxygen atoms in total. The number of carbonyl (C=O) groups excluding carboxylic acids is 1. The smallest absolute Gasteiger partial charge is 0.262 e. The number of rotatable bonds is 7. The van der Waals surface area contributed by atoms with Gasteiger partial charge in [-0.2, -0.15) is 5.26 Å². The number of nitrogens with one attached hydrogen (secondary N) is 1. The molecule has 0 bridgehead atoms. The fourth-order valence-electron chi connectivity index (χ4n) is 2.24. The Balaban J connectivity index is 2.29. The predicted molar refractivity (Wildman–Crippen MR) is 95.0 cm³/mol. The molecule has 2 rings (SSSR count). The van der Waals surface area contributed by atoms with Gasteiger partial charge in [-0.1, -0.05) is 30.8 Å². The van der Waals surface area contributed by atoms with E-state index in [0.717, 1.165) is 6.42 Å². The number of amides is 1. The first kappa shape index (κ1) is 18.0. The molecule has 0 aliphatic rings. The third kappa shape index (κ3) is 4.15. The summed E-state index contributed by atoms with van der Waals surface area (Å²) in [7, 11) is 0. The summed E-state index contributed by atoms with van der Waals surface area (Å²) in [5.41, 5.74) is 0.553. The van der Waals surface area contributed by atoms with E-state index in [1.165, 1.54) is 11.8 Å². The van der Waals surface area contributed by atoms with Crippen molar-refractivity contribution in [2.45, 2.75) is 37.9 Å². The van der Waals surface area contributed by atoms with Gasteiger partial charge in [-0.25, -0.2) is 4.98 Å². The van der Waals surface area contributed by atoms with Gasteiger partial charge >= 0.3 is 0 Å². The highest BCUT2D eigenvalue weighted by atomic mass is 32.2. The van der Waals surface area contributed by atoms with Crippen molar-refractivity contribution >= 4 is 28.6 Å². The van der Waals surface area contributed by atoms with Gasteiger partial charge in [0.1, 0.15) is 0 Å². The number of benzene rings is 1. The first-order valence-electron chi connectivity index (χ1n) is 7.86. The van der Waals surface area contributed by atoms with E-state index in [0.29, 0.717) is 22.6 Å². The van der Waals surface area contributed by atoms with Gasteiger partial charge in [0.05, 0.1) is 29.1 Å². The molecule has 1 atom stereocenters. The Morgan fingerprint density at radius 3 is 2.92 bits per heavy atom. The second kappa shape index (κ2) is 8.50. The van der Waals surface area contributed by atoms with Gasteiger partial charge in [-0.05, 0) is 25.5 Å². The van der Waals surface area contributed by atoms with Crippen LogP contribution in [0.25, 0.3) is 10.9 Å². The summed E-state index contributed by atoms with van der Waals surface area (Å²) < 4.78 is 1.66. The Labute approximate surface area is 144 Å². The molecule has 1 N–H and O–H groups in total. The molecular weight excluding hydrogens is 324 g/mol. The minimum Gasteiger partial charge on any atom is -0.354 e. The Kier molecular flexibility index (Phi) is 6.38. The van der Waals surface area contributed by atoms with Gasteiger partial charge < -0.3 is 5.32 Å². The molecule has 7 heteroatoms. The second-order valence-corrected chi connectivity index (χ2v) is 6.33. The molecule has 0 saturated carbocycles. The Hall–Kier alpha value is -2.33. The molecule has 126 valence electrons. The maximum absolute atomic E-state index is 12.8. The topological polar surface area (TPSA) is 87.8 Å². The van der Waals surface area contributed by atoms with Crippen LogP contribution in [0, 0.1) is 11.3 Å². The lowest BCUT2D eigenvalue weighted by Crippen LogP contribution is -2.28. The number of para-hydroxylation sites is 1. The summed E-state index contributed by atoms with van der Waals surface area (Å²) in [5.74, 6) is -0.0134. The van der Waals surface area contributed by atoms with Gasteiger partial charge in [-0.15, -0.1) is 0 Å². The van der Waals surface area contributed by atoms with E-state index in [1.807, 2.05) is 32.0 Å². The van der Waals surface area contributed by atoms with Crippen molar-refractivity contribution in [2.75, 3.05) is 12.3 Å². The molecule has 0 aliphatic carbocycles. The molecule has 0 fully saturated rings. The van der Waals surface area contributed by atoms with E-state index in [2.05, 4.69) is 10.3 Å². The molecule has 0 unspecified atom stereocenters. The fraction of sp³-hybridized carbons (Fsp3) is 0.412. The number of aromatic nitrogens is 2. The normalized spacial score (nSPS) is 11.9.